The SMILES string of the molecule is CCN(Cc1ccccc1C)S(=O)(=O)c1cc(Br)sc1C. The van der Waals surface area contributed by atoms with Crippen molar-refractivity contribution >= 4 is 37.3 Å². The zero-order valence-electron chi connectivity index (χ0n) is 12.3. The minimum atomic E-state index is -3.46. The van der Waals surface area contributed by atoms with Crippen LogP contribution < -0.4 is 0 Å². The van der Waals surface area contributed by atoms with E-state index in [1.54, 1.807) is 6.07 Å². The van der Waals surface area contributed by atoms with Gasteiger partial charge in [0.2, 0.25) is 10.0 Å². The van der Waals surface area contributed by atoms with E-state index in [1.165, 1.54) is 15.6 Å². The molecule has 0 atom stereocenters. The topological polar surface area (TPSA) is 37.4 Å². The average molecular weight is 388 g/mol. The van der Waals surface area contributed by atoms with E-state index in [2.05, 4.69) is 15.9 Å². The maximum atomic E-state index is 12.8. The smallest absolute Gasteiger partial charge is 0.207 e. The number of halogens is 1. The summed E-state index contributed by atoms with van der Waals surface area (Å²) in [5.41, 5.74) is 2.14. The number of nitrogens with zero attached hydrogens (tertiary/aromatic N) is 1. The largest absolute Gasteiger partial charge is 0.244 e. The molecule has 0 amide bonds. The summed E-state index contributed by atoms with van der Waals surface area (Å²) in [6, 6.07) is 9.57. The van der Waals surface area contributed by atoms with Gasteiger partial charge in [-0.1, -0.05) is 31.2 Å². The van der Waals surface area contributed by atoms with Crippen LogP contribution in [0.25, 0.3) is 0 Å². The lowest BCUT2D eigenvalue weighted by atomic mass is 10.1. The second kappa shape index (κ2) is 6.60. The lowest BCUT2D eigenvalue weighted by molar-refractivity contribution is 0.422. The minimum Gasteiger partial charge on any atom is -0.207 e. The molecule has 0 spiro atoms. The Bertz CT molecular complexity index is 738. The Kier molecular flexibility index (Phi) is 5.24. The van der Waals surface area contributed by atoms with Crippen LogP contribution in [0.2, 0.25) is 0 Å². The van der Waals surface area contributed by atoms with E-state index >= 15 is 0 Å². The van der Waals surface area contributed by atoms with Gasteiger partial charge in [-0.3, -0.25) is 0 Å². The van der Waals surface area contributed by atoms with Gasteiger partial charge in [-0.2, -0.15) is 4.31 Å². The summed E-state index contributed by atoms with van der Waals surface area (Å²) >= 11 is 4.80. The van der Waals surface area contributed by atoms with Crippen molar-refractivity contribution in [2.75, 3.05) is 6.54 Å². The van der Waals surface area contributed by atoms with E-state index < -0.39 is 10.0 Å². The summed E-state index contributed by atoms with van der Waals surface area (Å²) in [5.74, 6) is 0. The molecule has 3 nitrogen and oxygen atoms in total. The van der Waals surface area contributed by atoms with E-state index in [1.807, 2.05) is 45.0 Å². The van der Waals surface area contributed by atoms with Gasteiger partial charge in [-0.05, 0) is 47.0 Å². The molecular weight excluding hydrogens is 370 g/mol. The molecule has 1 heterocycles. The lowest BCUT2D eigenvalue weighted by Crippen LogP contribution is -2.30. The van der Waals surface area contributed by atoms with Gasteiger partial charge in [0.15, 0.2) is 0 Å². The first kappa shape index (κ1) is 16.7. The molecule has 21 heavy (non-hydrogen) atoms. The van der Waals surface area contributed by atoms with Crippen LogP contribution in [0.1, 0.15) is 22.9 Å². The monoisotopic (exact) mass is 387 g/mol. The number of benzene rings is 1. The molecule has 0 unspecified atom stereocenters. The van der Waals surface area contributed by atoms with Crippen molar-refractivity contribution in [3.63, 3.8) is 0 Å². The third-order valence-corrected chi connectivity index (χ3v) is 7.15. The Morgan fingerprint density at radius 3 is 2.43 bits per heavy atom. The van der Waals surface area contributed by atoms with Crippen molar-refractivity contribution in [3.8, 4) is 0 Å². The molecule has 114 valence electrons. The second-order valence-electron chi connectivity index (χ2n) is 4.83. The fourth-order valence-electron chi connectivity index (χ4n) is 2.17. The Hall–Kier alpha value is -0.690. The molecule has 0 aliphatic heterocycles. The second-order valence-corrected chi connectivity index (χ2v) is 9.37. The van der Waals surface area contributed by atoms with E-state index in [-0.39, 0.29) is 0 Å². The average Bonchev–Trinajstić information content (AvgIpc) is 2.77. The first-order valence-electron chi connectivity index (χ1n) is 6.67. The lowest BCUT2D eigenvalue weighted by Gasteiger charge is -2.21. The molecule has 0 fully saturated rings. The summed E-state index contributed by atoms with van der Waals surface area (Å²) in [5, 5.41) is 0. The van der Waals surface area contributed by atoms with E-state index in [9.17, 15) is 8.42 Å². The zero-order chi connectivity index (χ0) is 15.6. The first-order chi connectivity index (χ1) is 9.86. The quantitative estimate of drug-likeness (QED) is 0.764. The third-order valence-electron chi connectivity index (χ3n) is 3.42. The molecule has 6 heteroatoms. The summed E-state index contributed by atoms with van der Waals surface area (Å²) in [6.07, 6.45) is 0. The minimum absolute atomic E-state index is 0.398. The van der Waals surface area contributed by atoms with Crippen LogP contribution in [0.4, 0.5) is 0 Å². The molecule has 1 aromatic heterocycles. The molecule has 0 bridgehead atoms. The van der Waals surface area contributed by atoms with Crippen LogP contribution in [-0.4, -0.2) is 19.3 Å². The molecular formula is C15H18BrNO2S2. The standard InChI is InChI=1S/C15H18BrNO2S2/c1-4-17(10-13-8-6-5-7-11(13)2)21(18,19)14-9-15(16)20-12(14)3/h5-9H,4,10H2,1-3H3. The van der Waals surface area contributed by atoms with Gasteiger partial charge in [0.25, 0.3) is 0 Å². The van der Waals surface area contributed by atoms with E-state index in [4.69, 9.17) is 0 Å². The summed E-state index contributed by atoms with van der Waals surface area (Å²) < 4.78 is 28.0. The van der Waals surface area contributed by atoms with Gasteiger partial charge in [0, 0.05) is 18.0 Å². The molecule has 2 rings (SSSR count). The van der Waals surface area contributed by atoms with Crippen molar-refractivity contribution in [2.24, 2.45) is 0 Å². The maximum Gasteiger partial charge on any atom is 0.244 e. The predicted octanol–water partition coefficient (Wildman–Crippen LogP) is 4.34. The number of thiophene rings is 1. The normalized spacial score (nSPS) is 12.0. The van der Waals surface area contributed by atoms with Crippen LogP contribution in [0.5, 0.6) is 0 Å². The van der Waals surface area contributed by atoms with Gasteiger partial charge < -0.3 is 0 Å². The highest BCUT2D eigenvalue weighted by molar-refractivity contribution is 9.11. The summed E-state index contributed by atoms with van der Waals surface area (Å²) in [6.45, 7) is 6.56. The molecule has 0 aliphatic carbocycles. The predicted molar refractivity (Wildman–Crippen MR) is 91.2 cm³/mol. The highest BCUT2D eigenvalue weighted by atomic mass is 79.9. The zero-order valence-corrected chi connectivity index (χ0v) is 15.5. The van der Waals surface area contributed by atoms with Gasteiger partial charge >= 0.3 is 0 Å². The Balaban J connectivity index is 2.37. The van der Waals surface area contributed by atoms with Crippen molar-refractivity contribution in [1.82, 2.24) is 4.31 Å². The van der Waals surface area contributed by atoms with Gasteiger partial charge in [-0.25, -0.2) is 8.42 Å². The summed E-state index contributed by atoms with van der Waals surface area (Å²) in [4.78, 5) is 1.21. The number of rotatable bonds is 5. The first-order valence-corrected chi connectivity index (χ1v) is 9.71. The van der Waals surface area contributed by atoms with Gasteiger partial charge in [0.05, 0.1) is 8.68 Å². The highest BCUT2D eigenvalue weighted by Gasteiger charge is 2.26. The van der Waals surface area contributed by atoms with Crippen LogP contribution in [0, 0.1) is 13.8 Å². The molecule has 1 aromatic carbocycles. The molecule has 0 N–H and O–H groups in total. The highest BCUT2D eigenvalue weighted by Crippen LogP contribution is 2.32. The Morgan fingerprint density at radius 2 is 1.90 bits per heavy atom. The van der Waals surface area contributed by atoms with E-state index in [0.29, 0.717) is 18.0 Å². The van der Waals surface area contributed by atoms with Gasteiger partial charge in [-0.15, -0.1) is 11.3 Å². The van der Waals surface area contributed by atoms with Crippen molar-refractivity contribution in [2.45, 2.75) is 32.2 Å². The van der Waals surface area contributed by atoms with Crippen LogP contribution in [0.3, 0.4) is 0 Å². The van der Waals surface area contributed by atoms with Crippen LogP contribution in [-0.2, 0) is 16.6 Å². The van der Waals surface area contributed by atoms with Crippen molar-refractivity contribution in [3.05, 3.63) is 50.1 Å². The fraction of sp³-hybridized carbons (Fsp3) is 0.333. The van der Waals surface area contributed by atoms with Crippen LogP contribution in [0.15, 0.2) is 39.0 Å². The van der Waals surface area contributed by atoms with Gasteiger partial charge in [0.1, 0.15) is 0 Å². The summed E-state index contributed by atoms with van der Waals surface area (Å²) in [7, 11) is -3.46. The molecule has 0 saturated heterocycles. The molecule has 0 aliphatic rings. The molecule has 0 saturated carbocycles. The Morgan fingerprint density at radius 1 is 1.24 bits per heavy atom. The molecule has 2 aromatic rings. The van der Waals surface area contributed by atoms with Crippen molar-refractivity contribution in [1.29, 1.82) is 0 Å². The Labute approximate surface area is 138 Å². The number of hydrogen-bond donors (Lipinski definition) is 0. The van der Waals surface area contributed by atoms with Crippen molar-refractivity contribution < 1.29 is 8.42 Å². The number of sulfonamides is 1. The van der Waals surface area contributed by atoms with Crippen LogP contribution >= 0.6 is 27.3 Å². The third kappa shape index (κ3) is 3.56. The molecule has 0 radical (unpaired) electrons. The number of aryl methyl sites for hydroxylation is 2. The maximum absolute atomic E-state index is 12.8. The number of hydrogen-bond acceptors (Lipinski definition) is 3. The van der Waals surface area contributed by atoms with E-state index in [0.717, 1.165) is 19.8 Å². The fourth-order valence-corrected chi connectivity index (χ4v) is 5.98.